The van der Waals surface area contributed by atoms with Crippen molar-refractivity contribution >= 4 is 11.5 Å². The van der Waals surface area contributed by atoms with E-state index >= 15 is 0 Å². The molecule has 0 saturated heterocycles. The molecule has 0 aliphatic heterocycles. The first-order valence-corrected chi connectivity index (χ1v) is 5.84. The largest absolute Gasteiger partial charge is 0.268 e. The van der Waals surface area contributed by atoms with Gasteiger partial charge in [0.15, 0.2) is 0 Å². The number of hydrogen-bond acceptors (Lipinski definition) is 2. The zero-order chi connectivity index (χ0) is 11.0. The van der Waals surface area contributed by atoms with Gasteiger partial charge < -0.3 is 0 Å². The molecule has 1 aromatic heterocycles. The third kappa shape index (κ3) is 1.65. The van der Waals surface area contributed by atoms with Gasteiger partial charge in [-0.3, -0.25) is 8.75 Å². The molecule has 0 unspecified atom stereocenters. The molecule has 3 heteroatoms. The quantitative estimate of drug-likeness (QED) is 0.756. The maximum Gasteiger partial charge on any atom is 0.261 e. The minimum absolute atomic E-state index is 0.113. The minimum Gasteiger partial charge on any atom is -0.268 e. The van der Waals surface area contributed by atoms with Crippen molar-refractivity contribution in [3.63, 3.8) is 0 Å². The summed E-state index contributed by atoms with van der Waals surface area (Å²) < 4.78 is 1.87. The van der Waals surface area contributed by atoms with Crippen molar-refractivity contribution in [1.29, 1.82) is 0 Å². The fourth-order valence-corrected chi connectivity index (χ4v) is 2.36. The predicted molar refractivity (Wildman–Crippen MR) is 62.0 cm³/mol. The van der Waals surface area contributed by atoms with Crippen LogP contribution in [0, 0.1) is 5.41 Å². The molecule has 1 aromatic rings. The molecule has 80 valence electrons. The zero-order valence-corrected chi connectivity index (χ0v) is 10.4. The number of nitrogens with zero attached hydrogens (tertiary/aromatic N) is 1. The van der Waals surface area contributed by atoms with Crippen LogP contribution in [0.5, 0.6) is 0 Å². The van der Waals surface area contributed by atoms with Gasteiger partial charge in [0.1, 0.15) is 0 Å². The molecule has 0 atom stereocenters. The Bertz CT molecular complexity index is 359. The lowest BCUT2D eigenvalue weighted by atomic mass is 9.73. The van der Waals surface area contributed by atoms with Gasteiger partial charge in [-0.1, -0.05) is 32.3 Å². The lowest BCUT2D eigenvalue weighted by Gasteiger charge is -2.41. The molecule has 0 amide bonds. The number of hydrogen-bond donors (Lipinski definition) is 0. The van der Waals surface area contributed by atoms with E-state index in [2.05, 4.69) is 34.6 Å². The highest BCUT2D eigenvalue weighted by atomic mass is 32.1. The van der Waals surface area contributed by atoms with Crippen molar-refractivity contribution in [2.24, 2.45) is 5.41 Å². The van der Waals surface area contributed by atoms with Crippen molar-refractivity contribution in [2.45, 2.75) is 46.6 Å². The lowest BCUT2D eigenvalue weighted by Crippen LogP contribution is -2.44. The van der Waals surface area contributed by atoms with E-state index in [-0.39, 0.29) is 16.5 Å². The molecule has 0 aliphatic carbocycles. The van der Waals surface area contributed by atoms with Crippen LogP contribution in [-0.2, 0) is 5.54 Å². The highest BCUT2D eigenvalue weighted by Crippen LogP contribution is 2.39. The summed E-state index contributed by atoms with van der Waals surface area (Å²) in [5.41, 5.74) is 0.121. The normalized spacial score (nSPS) is 13.2. The van der Waals surface area contributed by atoms with Gasteiger partial charge in [-0.05, 0) is 25.7 Å². The Kier molecular flexibility index (Phi) is 2.91. The second-order valence-corrected chi connectivity index (χ2v) is 5.69. The van der Waals surface area contributed by atoms with E-state index in [9.17, 15) is 4.79 Å². The highest BCUT2D eigenvalue weighted by Gasteiger charge is 2.38. The molecule has 0 aliphatic rings. The van der Waals surface area contributed by atoms with Gasteiger partial charge >= 0.3 is 0 Å². The highest BCUT2D eigenvalue weighted by molar-refractivity contribution is 7.04. The summed E-state index contributed by atoms with van der Waals surface area (Å²) in [6, 6.07) is 1.64. The number of rotatable bonds is 3. The molecule has 1 heterocycles. The Morgan fingerprint density at radius 1 is 1.36 bits per heavy atom. The van der Waals surface area contributed by atoms with Crippen LogP contribution in [-0.4, -0.2) is 3.96 Å². The minimum atomic E-state index is -0.118. The van der Waals surface area contributed by atoms with Gasteiger partial charge in [0.25, 0.3) is 5.56 Å². The van der Waals surface area contributed by atoms with Crippen LogP contribution in [0.25, 0.3) is 0 Å². The summed E-state index contributed by atoms with van der Waals surface area (Å²) in [7, 11) is 0. The van der Waals surface area contributed by atoms with Crippen molar-refractivity contribution in [2.75, 3.05) is 0 Å². The molecule has 0 saturated carbocycles. The molecular formula is C11H19NOS. The van der Waals surface area contributed by atoms with Gasteiger partial charge in [0.2, 0.25) is 0 Å². The second kappa shape index (κ2) is 3.54. The Morgan fingerprint density at radius 3 is 2.29 bits per heavy atom. The smallest absolute Gasteiger partial charge is 0.261 e. The summed E-state index contributed by atoms with van der Waals surface area (Å²) >= 11 is 1.50. The molecule has 0 spiro atoms. The van der Waals surface area contributed by atoms with E-state index in [4.69, 9.17) is 0 Å². The first-order valence-electron chi connectivity index (χ1n) is 5.00. The molecule has 0 N–H and O–H groups in total. The predicted octanol–water partition coefficient (Wildman–Crippen LogP) is 3.08. The van der Waals surface area contributed by atoms with Crippen LogP contribution >= 0.6 is 11.5 Å². The van der Waals surface area contributed by atoms with Gasteiger partial charge in [-0.25, -0.2) is 0 Å². The topological polar surface area (TPSA) is 22.0 Å². The van der Waals surface area contributed by atoms with Crippen molar-refractivity contribution in [3.8, 4) is 0 Å². The van der Waals surface area contributed by atoms with Crippen LogP contribution < -0.4 is 5.56 Å². The van der Waals surface area contributed by atoms with Gasteiger partial charge in [0, 0.05) is 11.4 Å². The van der Waals surface area contributed by atoms with Crippen LogP contribution in [0.4, 0.5) is 0 Å². The van der Waals surface area contributed by atoms with Crippen LogP contribution in [0.3, 0.4) is 0 Å². The van der Waals surface area contributed by atoms with Gasteiger partial charge in [0.05, 0.1) is 5.54 Å². The molecule has 2 nitrogen and oxygen atoms in total. The second-order valence-electron chi connectivity index (χ2n) is 4.84. The van der Waals surface area contributed by atoms with Crippen LogP contribution in [0.2, 0.25) is 0 Å². The van der Waals surface area contributed by atoms with Gasteiger partial charge in [-0.15, -0.1) is 0 Å². The number of aromatic nitrogens is 1. The molecule has 0 bridgehead atoms. The van der Waals surface area contributed by atoms with Crippen molar-refractivity contribution in [3.05, 3.63) is 21.8 Å². The van der Waals surface area contributed by atoms with E-state index < -0.39 is 0 Å². The fourth-order valence-electron chi connectivity index (χ4n) is 1.38. The van der Waals surface area contributed by atoms with Crippen LogP contribution in [0.1, 0.15) is 41.0 Å². The Hall–Kier alpha value is -0.570. The molecule has 1 rings (SSSR count). The van der Waals surface area contributed by atoms with Crippen molar-refractivity contribution < 1.29 is 0 Å². The Labute approximate surface area is 89.7 Å². The maximum atomic E-state index is 11.6. The average molecular weight is 213 g/mol. The first kappa shape index (κ1) is 11.5. The molecular weight excluding hydrogens is 194 g/mol. The van der Waals surface area contributed by atoms with Crippen molar-refractivity contribution in [1.82, 2.24) is 3.96 Å². The third-order valence-corrected chi connectivity index (χ3v) is 4.73. The van der Waals surface area contributed by atoms with Gasteiger partial charge in [-0.2, -0.15) is 0 Å². The summed E-state index contributed by atoms with van der Waals surface area (Å²) in [6.07, 6.45) is 1.06. The average Bonchev–Trinajstić information content (AvgIpc) is 2.51. The SMILES string of the molecule is CCC(C)(C)C(C)(C)n1sccc1=O. The molecule has 14 heavy (non-hydrogen) atoms. The van der Waals surface area contributed by atoms with E-state index in [1.165, 1.54) is 11.5 Å². The standard InChI is InChI=1S/C11H19NOS/c1-6-10(2,3)11(4,5)12-9(13)7-8-14-12/h7-8H,6H2,1-5H3. The fraction of sp³-hybridized carbons (Fsp3) is 0.727. The molecule has 0 aromatic carbocycles. The third-order valence-electron chi connectivity index (χ3n) is 3.62. The Balaban J connectivity index is 3.21. The van der Waals surface area contributed by atoms with E-state index in [1.54, 1.807) is 6.07 Å². The van der Waals surface area contributed by atoms with E-state index in [0.29, 0.717) is 0 Å². The summed E-state index contributed by atoms with van der Waals surface area (Å²) in [6.45, 7) is 10.8. The zero-order valence-electron chi connectivity index (χ0n) is 9.63. The molecule has 0 fully saturated rings. The maximum absolute atomic E-state index is 11.6. The summed E-state index contributed by atoms with van der Waals surface area (Å²) in [4.78, 5) is 11.6. The van der Waals surface area contributed by atoms with E-state index in [1.807, 2.05) is 9.34 Å². The molecule has 0 radical (unpaired) electrons. The lowest BCUT2D eigenvalue weighted by molar-refractivity contribution is 0.122. The monoisotopic (exact) mass is 213 g/mol. The summed E-state index contributed by atoms with van der Waals surface area (Å²) in [5.74, 6) is 0. The Morgan fingerprint density at radius 2 is 1.93 bits per heavy atom. The first-order chi connectivity index (χ1) is 6.33. The van der Waals surface area contributed by atoms with E-state index in [0.717, 1.165) is 6.42 Å². The summed E-state index contributed by atoms with van der Waals surface area (Å²) in [5, 5.41) is 1.86. The van der Waals surface area contributed by atoms with Crippen LogP contribution in [0.15, 0.2) is 16.2 Å².